The first-order chi connectivity index (χ1) is 10.0. The number of halogens is 1. The number of benzene rings is 2. The molecule has 0 aliphatic carbocycles. The van der Waals surface area contributed by atoms with Crippen molar-refractivity contribution < 1.29 is 9.18 Å². The number of amides is 1. The molecular weight excluding hydrogens is 267 g/mol. The highest BCUT2D eigenvalue weighted by atomic mass is 19.1. The fourth-order valence-corrected chi connectivity index (χ4v) is 2.16. The van der Waals surface area contributed by atoms with E-state index in [9.17, 15) is 9.18 Å². The molecule has 21 heavy (non-hydrogen) atoms. The van der Waals surface area contributed by atoms with Crippen molar-refractivity contribution >= 4 is 11.6 Å². The number of nitrogens with two attached hydrogens (primary N) is 1. The van der Waals surface area contributed by atoms with Crippen molar-refractivity contribution in [1.29, 1.82) is 0 Å². The molecule has 3 N–H and O–H groups in total. The zero-order valence-corrected chi connectivity index (χ0v) is 12.0. The molecule has 0 aliphatic heterocycles. The van der Waals surface area contributed by atoms with Gasteiger partial charge in [-0.15, -0.1) is 0 Å². The van der Waals surface area contributed by atoms with E-state index in [0.717, 1.165) is 16.7 Å². The summed E-state index contributed by atoms with van der Waals surface area (Å²) in [5, 5.41) is 2.87. The van der Waals surface area contributed by atoms with Crippen LogP contribution in [0.2, 0.25) is 0 Å². The fraction of sp³-hybridized carbons (Fsp3) is 0.235. The number of carbonyl (C=O) groups excluding carboxylic acids is 1. The van der Waals surface area contributed by atoms with Crippen LogP contribution in [0.5, 0.6) is 0 Å². The third-order valence-corrected chi connectivity index (χ3v) is 3.37. The zero-order valence-electron chi connectivity index (χ0n) is 12.0. The molecule has 0 spiro atoms. The van der Waals surface area contributed by atoms with Gasteiger partial charge in [-0.05, 0) is 54.3 Å². The van der Waals surface area contributed by atoms with Gasteiger partial charge in [0.1, 0.15) is 5.82 Å². The number of nitrogens with one attached hydrogen (secondary N) is 1. The average Bonchev–Trinajstić information content (AvgIpc) is 2.44. The molecule has 0 radical (unpaired) electrons. The number of anilines is 1. The number of rotatable bonds is 5. The molecule has 2 aromatic carbocycles. The van der Waals surface area contributed by atoms with Gasteiger partial charge in [0.25, 0.3) is 0 Å². The highest BCUT2D eigenvalue weighted by Gasteiger charge is 2.04. The molecule has 0 aliphatic rings. The van der Waals surface area contributed by atoms with Crippen LogP contribution in [0.1, 0.15) is 16.7 Å². The van der Waals surface area contributed by atoms with Crippen molar-refractivity contribution in [2.75, 3.05) is 12.3 Å². The Morgan fingerprint density at radius 3 is 2.57 bits per heavy atom. The molecule has 4 heteroatoms. The molecule has 0 saturated heterocycles. The minimum atomic E-state index is -0.233. The SMILES string of the molecule is Cc1cc(F)ccc1CCNC(=O)Cc1ccc(N)cc1. The van der Waals surface area contributed by atoms with E-state index >= 15 is 0 Å². The van der Waals surface area contributed by atoms with Gasteiger partial charge < -0.3 is 11.1 Å². The van der Waals surface area contributed by atoms with Gasteiger partial charge >= 0.3 is 0 Å². The minimum Gasteiger partial charge on any atom is -0.399 e. The Morgan fingerprint density at radius 1 is 1.19 bits per heavy atom. The minimum absolute atomic E-state index is 0.0282. The second-order valence-corrected chi connectivity index (χ2v) is 5.09. The van der Waals surface area contributed by atoms with Crippen LogP contribution in [0.4, 0.5) is 10.1 Å². The third kappa shape index (κ3) is 4.60. The van der Waals surface area contributed by atoms with Gasteiger partial charge in [-0.2, -0.15) is 0 Å². The number of hydrogen-bond acceptors (Lipinski definition) is 2. The monoisotopic (exact) mass is 286 g/mol. The van der Waals surface area contributed by atoms with Crippen LogP contribution < -0.4 is 11.1 Å². The summed E-state index contributed by atoms with van der Waals surface area (Å²) >= 11 is 0. The Kier molecular flexibility index (Phi) is 4.93. The normalized spacial score (nSPS) is 10.4. The molecule has 0 aromatic heterocycles. The predicted molar refractivity (Wildman–Crippen MR) is 82.4 cm³/mol. The van der Waals surface area contributed by atoms with Crippen LogP contribution in [0.3, 0.4) is 0 Å². The molecule has 1 amide bonds. The molecule has 2 aromatic rings. The summed E-state index contributed by atoms with van der Waals surface area (Å²) in [6.45, 7) is 2.41. The van der Waals surface area contributed by atoms with Crippen molar-refractivity contribution in [3.63, 3.8) is 0 Å². The van der Waals surface area contributed by atoms with Gasteiger partial charge in [-0.25, -0.2) is 4.39 Å². The smallest absolute Gasteiger partial charge is 0.224 e. The van der Waals surface area contributed by atoms with E-state index in [1.54, 1.807) is 18.2 Å². The highest BCUT2D eigenvalue weighted by Crippen LogP contribution is 2.10. The van der Waals surface area contributed by atoms with Crippen LogP contribution in [-0.4, -0.2) is 12.5 Å². The van der Waals surface area contributed by atoms with Gasteiger partial charge in [0.05, 0.1) is 6.42 Å². The van der Waals surface area contributed by atoms with Crippen molar-refractivity contribution in [2.45, 2.75) is 19.8 Å². The van der Waals surface area contributed by atoms with Crippen LogP contribution in [0, 0.1) is 12.7 Å². The maximum absolute atomic E-state index is 13.0. The lowest BCUT2D eigenvalue weighted by atomic mass is 10.1. The summed E-state index contributed by atoms with van der Waals surface area (Å²) in [6, 6.07) is 12.0. The second kappa shape index (κ2) is 6.88. The summed E-state index contributed by atoms with van der Waals surface area (Å²) < 4.78 is 13.0. The Hall–Kier alpha value is -2.36. The molecule has 0 unspecified atom stereocenters. The summed E-state index contributed by atoms with van der Waals surface area (Å²) in [4.78, 5) is 11.8. The maximum Gasteiger partial charge on any atom is 0.224 e. The van der Waals surface area contributed by atoms with Crippen LogP contribution in [0.15, 0.2) is 42.5 Å². The summed E-state index contributed by atoms with van der Waals surface area (Å²) in [5.41, 5.74) is 9.17. The quantitative estimate of drug-likeness (QED) is 0.830. The summed E-state index contributed by atoms with van der Waals surface area (Å²) in [7, 11) is 0. The molecule has 0 saturated carbocycles. The van der Waals surface area contributed by atoms with Gasteiger partial charge in [0.15, 0.2) is 0 Å². The zero-order chi connectivity index (χ0) is 15.2. The molecule has 0 atom stereocenters. The number of carbonyl (C=O) groups is 1. The predicted octanol–water partition coefficient (Wildman–Crippen LogP) is 2.62. The van der Waals surface area contributed by atoms with E-state index in [4.69, 9.17) is 5.73 Å². The third-order valence-electron chi connectivity index (χ3n) is 3.37. The first-order valence-electron chi connectivity index (χ1n) is 6.91. The van der Waals surface area contributed by atoms with Crippen molar-refractivity contribution in [3.8, 4) is 0 Å². The molecule has 2 rings (SSSR count). The first kappa shape index (κ1) is 15.0. The van der Waals surface area contributed by atoms with Gasteiger partial charge in [-0.1, -0.05) is 18.2 Å². The first-order valence-corrected chi connectivity index (χ1v) is 6.91. The van der Waals surface area contributed by atoms with E-state index in [2.05, 4.69) is 5.32 Å². The van der Waals surface area contributed by atoms with Gasteiger partial charge in [-0.3, -0.25) is 4.79 Å². The van der Waals surface area contributed by atoms with Crippen LogP contribution >= 0.6 is 0 Å². The van der Waals surface area contributed by atoms with Crippen molar-refractivity contribution in [1.82, 2.24) is 5.32 Å². The van der Waals surface area contributed by atoms with Crippen LogP contribution in [0.25, 0.3) is 0 Å². The lowest BCUT2D eigenvalue weighted by Crippen LogP contribution is -2.27. The van der Waals surface area contributed by atoms with Crippen molar-refractivity contribution in [2.24, 2.45) is 0 Å². The lowest BCUT2D eigenvalue weighted by molar-refractivity contribution is -0.120. The number of aryl methyl sites for hydroxylation is 1. The van der Waals surface area contributed by atoms with E-state index < -0.39 is 0 Å². The van der Waals surface area contributed by atoms with E-state index in [-0.39, 0.29) is 11.7 Å². The molecule has 110 valence electrons. The average molecular weight is 286 g/mol. The number of hydrogen-bond donors (Lipinski definition) is 2. The standard InChI is InChI=1S/C17H19FN2O/c1-12-10-15(18)5-4-14(12)8-9-20-17(21)11-13-2-6-16(19)7-3-13/h2-7,10H,8-9,11,19H2,1H3,(H,20,21). The van der Waals surface area contributed by atoms with Crippen molar-refractivity contribution in [3.05, 3.63) is 65.0 Å². The fourth-order valence-electron chi connectivity index (χ4n) is 2.16. The molecule has 0 fully saturated rings. The van der Waals surface area contributed by atoms with Gasteiger partial charge in [0.2, 0.25) is 5.91 Å². The molecule has 0 heterocycles. The van der Waals surface area contributed by atoms with Crippen LogP contribution in [-0.2, 0) is 17.6 Å². The lowest BCUT2D eigenvalue weighted by Gasteiger charge is -2.08. The maximum atomic E-state index is 13.0. The highest BCUT2D eigenvalue weighted by molar-refractivity contribution is 5.78. The largest absolute Gasteiger partial charge is 0.399 e. The van der Waals surface area contributed by atoms with E-state index in [0.29, 0.717) is 25.1 Å². The summed E-state index contributed by atoms with van der Waals surface area (Å²) in [5.74, 6) is -0.261. The number of nitrogen functional groups attached to an aromatic ring is 1. The second-order valence-electron chi connectivity index (χ2n) is 5.09. The Labute approximate surface area is 124 Å². The van der Waals surface area contributed by atoms with E-state index in [1.807, 2.05) is 19.1 Å². The van der Waals surface area contributed by atoms with Gasteiger partial charge in [0, 0.05) is 12.2 Å². The Bertz CT molecular complexity index is 623. The Balaban J connectivity index is 1.80. The molecule has 3 nitrogen and oxygen atoms in total. The molecular formula is C17H19FN2O. The topological polar surface area (TPSA) is 55.1 Å². The Morgan fingerprint density at radius 2 is 1.90 bits per heavy atom. The summed E-state index contributed by atoms with van der Waals surface area (Å²) in [6.07, 6.45) is 1.03. The molecule has 0 bridgehead atoms. The van der Waals surface area contributed by atoms with E-state index in [1.165, 1.54) is 12.1 Å².